The van der Waals surface area contributed by atoms with Gasteiger partial charge < -0.3 is 10.2 Å². The van der Waals surface area contributed by atoms with E-state index in [9.17, 15) is 4.79 Å². The number of carbonyl (C=O) groups is 1. The lowest BCUT2D eigenvalue weighted by atomic mass is 9.97. The smallest absolute Gasteiger partial charge is 0.252 e. The fraction of sp³-hybridized carbons (Fsp3) is 0.435. The van der Waals surface area contributed by atoms with Crippen LogP contribution in [0.15, 0.2) is 42.7 Å². The van der Waals surface area contributed by atoms with Crippen LogP contribution in [0.1, 0.15) is 43.0 Å². The highest BCUT2D eigenvalue weighted by molar-refractivity contribution is 6.07. The first-order valence-corrected chi connectivity index (χ1v) is 10.6. The van der Waals surface area contributed by atoms with Gasteiger partial charge in [-0.15, -0.1) is 0 Å². The molecule has 0 unspecified atom stereocenters. The van der Waals surface area contributed by atoms with E-state index in [0.717, 1.165) is 41.5 Å². The number of aryl methyl sites for hydroxylation is 1. The third-order valence-electron chi connectivity index (χ3n) is 6.65. The fourth-order valence-electron chi connectivity index (χ4n) is 4.97. The van der Waals surface area contributed by atoms with Crippen LogP contribution in [0.2, 0.25) is 0 Å². The van der Waals surface area contributed by atoms with Gasteiger partial charge in [0.2, 0.25) is 0 Å². The predicted molar refractivity (Wildman–Crippen MR) is 114 cm³/mol. The van der Waals surface area contributed by atoms with Gasteiger partial charge in [0.25, 0.3) is 5.91 Å². The van der Waals surface area contributed by atoms with E-state index in [1.807, 2.05) is 47.4 Å². The number of hydrogen-bond donors (Lipinski definition) is 1. The predicted octanol–water partition coefficient (Wildman–Crippen LogP) is 3.47. The monoisotopic (exact) mass is 389 g/mol. The average molecular weight is 390 g/mol. The second kappa shape index (κ2) is 7.26. The minimum atomic E-state index is 0.00156. The number of nitrogens with one attached hydrogen (secondary N) is 1. The Morgan fingerprint density at radius 3 is 2.69 bits per heavy atom. The zero-order chi connectivity index (χ0) is 20.0. The van der Waals surface area contributed by atoms with Gasteiger partial charge in [0.15, 0.2) is 0 Å². The molecule has 0 saturated carbocycles. The fourth-order valence-corrected chi connectivity index (χ4v) is 4.97. The summed E-state index contributed by atoms with van der Waals surface area (Å²) in [5.41, 5.74) is 3.25. The van der Waals surface area contributed by atoms with E-state index in [2.05, 4.69) is 29.3 Å². The molecular formula is C23H27N5O. The van der Waals surface area contributed by atoms with E-state index in [-0.39, 0.29) is 11.9 Å². The van der Waals surface area contributed by atoms with Crippen molar-refractivity contribution in [2.45, 2.75) is 57.3 Å². The van der Waals surface area contributed by atoms with Gasteiger partial charge in [0, 0.05) is 41.8 Å². The maximum Gasteiger partial charge on any atom is 0.252 e. The largest absolute Gasteiger partial charge is 0.349 e. The third-order valence-corrected chi connectivity index (χ3v) is 6.65. The summed E-state index contributed by atoms with van der Waals surface area (Å²) in [5.74, 6) is 0.00156. The molecule has 1 amide bonds. The van der Waals surface area contributed by atoms with Crippen LogP contribution in [0, 0.1) is 0 Å². The van der Waals surface area contributed by atoms with Crippen molar-refractivity contribution in [3.05, 3.63) is 48.3 Å². The number of hydrogen-bond acceptors (Lipinski definition) is 4. The van der Waals surface area contributed by atoms with Crippen molar-refractivity contribution < 1.29 is 4.79 Å². The topological polar surface area (TPSA) is 63.1 Å². The molecule has 2 saturated heterocycles. The Hall–Kier alpha value is -2.73. The van der Waals surface area contributed by atoms with E-state index >= 15 is 0 Å². The van der Waals surface area contributed by atoms with Gasteiger partial charge in [0.1, 0.15) is 0 Å². The molecule has 6 heteroatoms. The molecular weight excluding hydrogens is 362 g/mol. The van der Waals surface area contributed by atoms with Crippen LogP contribution < -0.4 is 5.32 Å². The number of fused-ring (bicyclic) bond motifs is 3. The summed E-state index contributed by atoms with van der Waals surface area (Å²) in [6, 6.07) is 11.2. The van der Waals surface area contributed by atoms with Crippen LogP contribution in [0.4, 0.5) is 0 Å². The molecule has 5 rings (SSSR count). The number of carbonyl (C=O) groups excluding carboxylic acids is 1. The molecule has 1 aromatic carbocycles. The molecule has 150 valence electrons. The molecule has 0 radical (unpaired) electrons. The molecule has 0 aliphatic carbocycles. The standard InChI is InChI=1S/C23H27N5O/c1-3-28-14-15(13-24-28)22-12-20(19-6-4-5-7-21(19)26-22)23(29)25-16-10-17-8-9-18(11-16)27(17)2/h4-7,12-14,16-18H,3,8-11H2,1-2H3,(H,25,29)/t17-,18-/m1/s1. The molecule has 2 bridgehead atoms. The zero-order valence-corrected chi connectivity index (χ0v) is 17.0. The molecule has 1 N–H and O–H groups in total. The molecule has 3 aromatic rings. The molecule has 2 atom stereocenters. The Labute approximate surface area is 170 Å². The Morgan fingerprint density at radius 2 is 1.97 bits per heavy atom. The van der Waals surface area contributed by atoms with Crippen molar-refractivity contribution in [3.63, 3.8) is 0 Å². The van der Waals surface area contributed by atoms with Crippen molar-refractivity contribution in [2.24, 2.45) is 0 Å². The Kier molecular flexibility index (Phi) is 4.59. The number of nitrogens with zero attached hydrogens (tertiary/aromatic N) is 4. The highest BCUT2D eigenvalue weighted by Gasteiger charge is 2.38. The second-order valence-electron chi connectivity index (χ2n) is 8.35. The van der Waals surface area contributed by atoms with Crippen molar-refractivity contribution in [1.29, 1.82) is 0 Å². The number of aromatic nitrogens is 3. The normalized spacial score (nSPS) is 24.1. The van der Waals surface area contributed by atoms with Crippen molar-refractivity contribution in [1.82, 2.24) is 25.0 Å². The molecule has 6 nitrogen and oxygen atoms in total. The molecule has 4 heterocycles. The van der Waals surface area contributed by atoms with E-state index < -0.39 is 0 Å². The summed E-state index contributed by atoms with van der Waals surface area (Å²) in [6.07, 6.45) is 8.37. The van der Waals surface area contributed by atoms with E-state index in [1.54, 1.807) is 0 Å². The maximum absolute atomic E-state index is 13.3. The zero-order valence-electron chi connectivity index (χ0n) is 17.0. The lowest BCUT2D eigenvalue weighted by Crippen LogP contribution is -2.48. The second-order valence-corrected chi connectivity index (χ2v) is 8.35. The van der Waals surface area contributed by atoms with E-state index in [4.69, 9.17) is 4.98 Å². The first kappa shape index (κ1) is 18.3. The van der Waals surface area contributed by atoms with Crippen LogP contribution in [-0.4, -0.2) is 50.7 Å². The number of benzene rings is 1. The third kappa shape index (κ3) is 3.31. The van der Waals surface area contributed by atoms with Crippen molar-refractivity contribution >= 4 is 16.8 Å². The van der Waals surface area contributed by atoms with Gasteiger partial charge in [0.05, 0.1) is 23.0 Å². The summed E-state index contributed by atoms with van der Waals surface area (Å²) in [4.78, 5) is 20.6. The van der Waals surface area contributed by atoms with Crippen LogP contribution in [0.25, 0.3) is 22.2 Å². The number of piperidine rings is 1. The van der Waals surface area contributed by atoms with Crippen LogP contribution >= 0.6 is 0 Å². The van der Waals surface area contributed by atoms with Crippen LogP contribution in [-0.2, 0) is 6.54 Å². The molecule has 0 spiro atoms. The molecule has 2 aliphatic heterocycles. The molecule has 2 aromatic heterocycles. The van der Waals surface area contributed by atoms with Crippen molar-refractivity contribution in [2.75, 3.05) is 7.05 Å². The Morgan fingerprint density at radius 1 is 1.21 bits per heavy atom. The van der Waals surface area contributed by atoms with Crippen molar-refractivity contribution in [3.8, 4) is 11.3 Å². The Bertz CT molecular complexity index is 1040. The summed E-state index contributed by atoms with van der Waals surface area (Å²) in [5, 5.41) is 8.59. The lowest BCUT2D eigenvalue weighted by molar-refractivity contribution is 0.0884. The van der Waals surface area contributed by atoms with Crippen LogP contribution in [0.5, 0.6) is 0 Å². The number of pyridine rings is 1. The summed E-state index contributed by atoms with van der Waals surface area (Å²) in [7, 11) is 2.22. The van der Waals surface area contributed by atoms with Gasteiger partial charge >= 0.3 is 0 Å². The van der Waals surface area contributed by atoms with Gasteiger partial charge in [-0.2, -0.15) is 5.10 Å². The number of amides is 1. The lowest BCUT2D eigenvalue weighted by Gasteiger charge is -2.36. The minimum absolute atomic E-state index is 0.00156. The van der Waals surface area contributed by atoms with Crippen LogP contribution in [0.3, 0.4) is 0 Å². The highest BCUT2D eigenvalue weighted by Crippen LogP contribution is 2.34. The highest BCUT2D eigenvalue weighted by atomic mass is 16.1. The summed E-state index contributed by atoms with van der Waals surface area (Å²) < 4.78 is 1.88. The SMILES string of the molecule is CCn1cc(-c2cc(C(=O)NC3C[C@H]4CC[C@H](C3)N4C)c3ccccc3n2)cn1. The van der Waals surface area contributed by atoms with Gasteiger partial charge in [-0.3, -0.25) is 9.48 Å². The van der Waals surface area contributed by atoms with Gasteiger partial charge in [-0.1, -0.05) is 18.2 Å². The average Bonchev–Trinajstić information content (AvgIpc) is 3.28. The van der Waals surface area contributed by atoms with E-state index in [1.165, 1.54) is 12.8 Å². The Balaban J connectivity index is 1.47. The van der Waals surface area contributed by atoms with Gasteiger partial charge in [-0.05, 0) is 51.8 Å². The quantitative estimate of drug-likeness (QED) is 0.742. The molecule has 2 fully saturated rings. The minimum Gasteiger partial charge on any atom is -0.349 e. The molecule has 2 aliphatic rings. The van der Waals surface area contributed by atoms with Gasteiger partial charge in [-0.25, -0.2) is 4.98 Å². The number of para-hydroxylation sites is 1. The first-order chi connectivity index (χ1) is 14.1. The summed E-state index contributed by atoms with van der Waals surface area (Å²) in [6.45, 7) is 2.86. The maximum atomic E-state index is 13.3. The van der Waals surface area contributed by atoms with E-state index in [0.29, 0.717) is 17.6 Å². The first-order valence-electron chi connectivity index (χ1n) is 10.6. The molecule has 29 heavy (non-hydrogen) atoms. The number of rotatable bonds is 4. The summed E-state index contributed by atoms with van der Waals surface area (Å²) >= 11 is 0.